The van der Waals surface area contributed by atoms with Gasteiger partial charge in [0.25, 0.3) is 0 Å². The molecule has 1 nitrogen and oxygen atoms in total. The molecule has 1 aliphatic carbocycles. The summed E-state index contributed by atoms with van der Waals surface area (Å²) in [7, 11) is 0. The third-order valence-corrected chi connectivity index (χ3v) is 2.73. The second-order valence-corrected chi connectivity index (χ2v) is 4.32. The maximum atomic E-state index is 12.9. The lowest BCUT2D eigenvalue weighted by atomic mass is 10.1. The normalized spacial score (nSPS) is 15.8. The summed E-state index contributed by atoms with van der Waals surface area (Å²) in [5.74, 6) is -0.152. The van der Waals surface area contributed by atoms with E-state index >= 15 is 0 Å². The molecule has 0 amide bonds. The minimum Gasteiger partial charge on any atom is -0.314 e. The van der Waals surface area contributed by atoms with Gasteiger partial charge in [-0.1, -0.05) is 24.3 Å². The molecule has 16 heavy (non-hydrogen) atoms. The van der Waals surface area contributed by atoms with E-state index in [0.29, 0.717) is 0 Å². The van der Waals surface area contributed by atoms with Crippen molar-refractivity contribution in [2.75, 3.05) is 6.54 Å². The number of halogens is 1. The van der Waals surface area contributed by atoms with Crippen LogP contribution < -0.4 is 5.32 Å². The fourth-order valence-electron chi connectivity index (χ4n) is 1.66. The Morgan fingerprint density at radius 3 is 2.94 bits per heavy atom. The highest BCUT2D eigenvalue weighted by Gasteiger charge is 2.19. The summed E-state index contributed by atoms with van der Waals surface area (Å²) < 4.78 is 12.9. The minimum absolute atomic E-state index is 0.152. The molecule has 0 spiro atoms. The lowest BCUT2D eigenvalue weighted by molar-refractivity contribution is 0.626. The predicted molar refractivity (Wildman–Crippen MR) is 64.9 cm³/mol. The van der Waals surface area contributed by atoms with E-state index in [0.717, 1.165) is 31.0 Å². The van der Waals surface area contributed by atoms with Gasteiger partial charge in [-0.2, -0.15) is 0 Å². The Balaban J connectivity index is 1.63. The quantitative estimate of drug-likeness (QED) is 0.572. The Morgan fingerprint density at radius 1 is 1.31 bits per heavy atom. The first-order valence-corrected chi connectivity index (χ1v) is 5.97. The summed E-state index contributed by atoms with van der Waals surface area (Å²) in [5, 5.41) is 3.45. The highest BCUT2D eigenvalue weighted by atomic mass is 19.1. The molecule has 1 aliphatic rings. The zero-order valence-electron chi connectivity index (χ0n) is 9.45. The molecule has 1 N–H and O–H groups in total. The summed E-state index contributed by atoms with van der Waals surface area (Å²) in [4.78, 5) is 0. The van der Waals surface area contributed by atoms with Crippen molar-refractivity contribution in [2.24, 2.45) is 0 Å². The van der Waals surface area contributed by atoms with Crippen molar-refractivity contribution >= 4 is 0 Å². The van der Waals surface area contributed by atoms with Crippen LogP contribution in [0.25, 0.3) is 0 Å². The second-order valence-electron chi connectivity index (χ2n) is 4.32. The van der Waals surface area contributed by atoms with E-state index in [1.54, 1.807) is 12.1 Å². The van der Waals surface area contributed by atoms with Crippen LogP contribution in [0.3, 0.4) is 0 Å². The molecule has 0 atom stereocenters. The number of nitrogens with one attached hydrogen (secondary N) is 1. The number of allylic oxidation sites excluding steroid dienone is 1. The first-order chi connectivity index (χ1) is 7.84. The molecule has 0 aliphatic heterocycles. The summed E-state index contributed by atoms with van der Waals surface area (Å²) in [6.07, 6.45) is 8.84. The molecule has 0 aromatic heterocycles. The maximum Gasteiger partial charge on any atom is 0.123 e. The standard InChI is InChI=1S/C14H18FN/c15-13-7-4-6-12(11-13)5-2-1-3-10-16-14-8-9-14/h1-2,4,6-7,11,14,16H,3,5,8-10H2. The molecule has 2 rings (SSSR count). The summed E-state index contributed by atoms with van der Waals surface area (Å²) >= 11 is 0. The van der Waals surface area contributed by atoms with Crippen molar-refractivity contribution in [3.8, 4) is 0 Å². The third-order valence-electron chi connectivity index (χ3n) is 2.73. The fraction of sp³-hybridized carbons (Fsp3) is 0.429. The van der Waals surface area contributed by atoms with Gasteiger partial charge < -0.3 is 5.32 Å². The zero-order chi connectivity index (χ0) is 11.2. The molecule has 0 saturated heterocycles. The topological polar surface area (TPSA) is 12.0 Å². The van der Waals surface area contributed by atoms with Gasteiger partial charge in [0.2, 0.25) is 0 Å². The smallest absolute Gasteiger partial charge is 0.123 e. The Hall–Kier alpha value is -1.15. The van der Waals surface area contributed by atoms with Gasteiger partial charge in [0, 0.05) is 6.04 Å². The van der Waals surface area contributed by atoms with Crippen LogP contribution in [0.4, 0.5) is 4.39 Å². The SMILES string of the molecule is Fc1cccc(CC=CCCNC2CC2)c1. The van der Waals surface area contributed by atoms with Crippen LogP contribution in [0, 0.1) is 5.82 Å². The summed E-state index contributed by atoms with van der Waals surface area (Å²) in [5.41, 5.74) is 1.03. The number of hydrogen-bond acceptors (Lipinski definition) is 1. The van der Waals surface area contributed by atoms with Crippen molar-refractivity contribution in [3.63, 3.8) is 0 Å². The van der Waals surface area contributed by atoms with Gasteiger partial charge in [0.05, 0.1) is 0 Å². The van der Waals surface area contributed by atoms with E-state index in [2.05, 4.69) is 17.5 Å². The van der Waals surface area contributed by atoms with Crippen molar-refractivity contribution in [3.05, 3.63) is 47.8 Å². The van der Waals surface area contributed by atoms with Crippen LogP contribution in [0.1, 0.15) is 24.8 Å². The van der Waals surface area contributed by atoms with E-state index in [1.807, 2.05) is 6.07 Å². The van der Waals surface area contributed by atoms with Gasteiger partial charge >= 0.3 is 0 Å². The first-order valence-electron chi connectivity index (χ1n) is 5.97. The average Bonchev–Trinajstić information content (AvgIpc) is 3.07. The Bertz CT molecular complexity index is 356. The van der Waals surface area contributed by atoms with Crippen molar-refractivity contribution in [1.82, 2.24) is 5.32 Å². The van der Waals surface area contributed by atoms with Crippen LogP contribution in [0.2, 0.25) is 0 Å². The van der Waals surface area contributed by atoms with Crippen LogP contribution in [0.15, 0.2) is 36.4 Å². The summed E-state index contributed by atoms with van der Waals surface area (Å²) in [6.45, 7) is 1.06. The van der Waals surface area contributed by atoms with Crippen LogP contribution >= 0.6 is 0 Å². The van der Waals surface area contributed by atoms with E-state index in [9.17, 15) is 4.39 Å². The van der Waals surface area contributed by atoms with E-state index in [4.69, 9.17) is 0 Å². The van der Waals surface area contributed by atoms with E-state index in [-0.39, 0.29) is 5.82 Å². The number of benzene rings is 1. The molecule has 1 aromatic carbocycles. The molecule has 0 bridgehead atoms. The highest BCUT2D eigenvalue weighted by Crippen LogP contribution is 2.18. The Kier molecular flexibility index (Phi) is 4.11. The molecular formula is C14H18FN. The molecule has 0 heterocycles. The fourth-order valence-corrected chi connectivity index (χ4v) is 1.66. The first kappa shape index (κ1) is 11.3. The number of rotatable bonds is 6. The molecule has 2 heteroatoms. The van der Waals surface area contributed by atoms with Gasteiger partial charge in [-0.05, 0) is 49.9 Å². The lowest BCUT2D eigenvalue weighted by Crippen LogP contribution is -2.16. The van der Waals surface area contributed by atoms with Crippen LogP contribution in [-0.2, 0) is 6.42 Å². The minimum atomic E-state index is -0.152. The molecule has 1 fully saturated rings. The van der Waals surface area contributed by atoms with Crippen molar-refractivity contribution < 1.29 is 4.39 Å². The van der Waals surface area contributed by atoms with Gasteiger partial charge in [-0.3, -0.25) is 0 Å². The van der Waals surface area contributed by atoms with Gasteiger partial charge in [0.15, 0.2) is 0 Å². The molecule has 1 aromatic rings. The zero-order valence-corrected chi connectivity index (χ0v) is 9.45. The van der Waals surface area contributed by atoms with E-state index < -0.39 is 0 Å². The predicted octanol–water partition coefficient (Wildman–Crippen LogP) is 3.07. The second kappa shape index (κ2) is 5.80. The number of hydrogen-bond donors (Lipinski definition) is 1. The largest absolute Gasteiger partial charge is 0.314 e. The Morgan fingerprint density at radius 2 is 2.19 bits per heavy atom. The van der Waals surface area contributed by atoms with Gasteiger partial charge in [-0.15, -0.1) is 0 Å². The monoisotopic (exact) mass is 219 g/mol. The molecule has 0 unspecified atom stereocenters. The molecular weight excluding hydrogens is 201 g/mol. The van der Waals surface area contributed by atoms with E-state index in [1.165, 1.54) is 18.9 Å². The average molecular weight is 219 g/mol. The Labute approximate surface area is 96.4 Å². The maximum absolute atomic E-state index is 12.9. The lowest BCUT2D eigenvalue weighted by Gasteiger charge is -1.98. The molecule has 1 saturated carbocycles. The van der Waals surface area contributed by atoms with Crippen LogP contribution in [0.5, 0.6) is 0 Å². The highest BCUT2D eigenvalue weighted by molar-refractivity contribution is 5.18. The summed E-state index contributed by atoms with van der Waals surface area (Å²) in [6, 6.07) is 7.57. The molecule has 0 radical (unpaired) electrons. The molecule has 86 valence electrons. The van der Waals surface area contributed by atoms with Crippen molar-refractivity contribution in [2.45, 2.75) is 31.7 Å². The third kappa shape index (κ3) is 4.15. The van der Waals surface area contributed by atoms with Crippen LogP contribution in [-0.4, -0.2) is 12.6 Å². The van der Waals surface area contributed by atoms with Gasteiger partial charge in [-0.25, -0.2) is 4.39 Å². The van der Waals surface area contributed by atoms with Crippen molar-refractivity contribution in [1.29, 1.82) is 0 Å². The van der Waals surface area contributed by atoms with Gasteiger partial charge in [0.1, 0.15) is 5.82 Å².